The molecule has 0 fully saturated rings. The van der Waals surface area contributed by atoms with Crippen LogP contribution in [-0.2, 0) is 22.5 Å². The molecular formula is C16H29N3O2. The summed E-state index contributed by atoms with van der Waals surface area (Å²) in [4.78, 5) is 12.0. The smallest absolute Gasteiger partial charge is 0.224 e. The summed E-state index contributed by atoms with van der Waals surface area (Å²) >= 11 is 0. The lowest BCUT2D eigenvalue weighted by Gasteiger charge is -2.08. The third-order valence-electron chi connectivity index (χ3n) is 3.40. The second-order valence-corrected chi connectivity index (χ2v) is 5.80. The van der Waals surface area contributed by atoms with E-state index in [4.69, 9.17) is 4.74 Å². The van der Waals surface area contributed by atoms with Crippen LogP contribution in [0, 0.1) is 19.8 Å². The van der Waals surface area contributed by atoms with E-state index in [1.54, 1.807) is 0 Å². The third kappa shape index (κ3) is 5.87. The zero-order valence-corrected chi connectivity index (χ0v) is 14.0. The normalized spacial score (nSPS) is 11.1. The maximum Gasteiger partial charge on any atom is 0.224 e. The predicted molar refractivity (Wildman–Crippen MR) is 84.4 cm³/mol. The first-order valence-electron chi connectivity index (χ1n) is 7.83. The molecule has 120 valence electrons. The van der Waals surface area contributed by atoms with E-state index in [1.165, 1.54) is 0 Å². The van der Waals surface area contributed by atoms with Crippen LogP contribution in [0.1, 0.15) is 44.1 Å². The van der Waals surface area contributed by atoms with E-state index in [-0.39, 0.29) is 5.91 Å². The highest BCUT2D eigenvalue weighted by Crippen LogP contribution is 2.15. The van der Waals surface area contributed by atoms with Crippen molar-refractivity contribution in [3.05, 3.63) is 17.0 Å². The van der Waals surface area contributed by atoms with Crippen LogP contribution in [0.2, 0.25) is 0 Å². The second-order valence-electron chi connectivity index (χ2n) is 5.80. The Morgan fingerprint density at radius 3 is 2.71 bits per heavy atom. The van der Waals surface area contributed by atoms with E-state index in [0.717, 1.165) is 36.5 Å². The number of nitrogens with one attached hydrogen (secondary N) is 1. The summed E-state index contributed by atoms with van der Waals surface area (Å²) in [5.41, 5.74) is 3.11. The van der Waals surface area contributed by atoms with Gasteiger partial charge in [-0.1, -0.05) is 13.8 Å². The van der Waals surface area contributed by atoms with Gasteiger partial charge in [0.15, 0.2) is 0 Å². The molecule has 0 aromatic carbocycles. The number of ether oxygens (including phenoxy) is 1. The van der Waals surface area contributed by atoms with Crippen LogP contribution in [0.4, 0.5) is 0 Å². The Kier molecular flexibility index (Phi) is 7.43. The first-order chi connectivity index (χ1) is 9.95. The van der Waals surface area contributed by atoms with Crippen molar-refractivity contribution in [1.82, 2.24) is 15.1 Å². The Labute approximate surface area is 128 Å². The number of amides is 1. The van der Waals surface area contributed by atoms with Gasteiger partial charge >= 0.3 is 0 Å². The zero-order valence-electron chi connectivity index (χ0n) is 14.0. The molecule has 21 heavy (non-hydrogen) atoms. The Morgan fingerprint density at radius 1 is 1.38 bits per heavy atom. The lowest BCUT2D eigenvalue weighted by Crippen LogP contribution is -2.27. The minimum atomic E-state index is 0.0572. The van der Waals surface area contributed by atoms with E-state index >= 15 is 0 Å². The maximum atomic E-state index is 12.0. The number of aromatic nitrogens is 2. The molecule has 0 spiro atoms. The maximum absolute atomic E-state index is 12.0. The fraction of sp³-hybridized carbons (Fsp3) is 0.750. The van der Waals surface area contributed by atoms with Gasteiger partial charge in [0, 0.05) is 37.6 Å². The predicted octanol–water partition coefficient (Wildman–Crippen LogP) is 2.24. The fourth-order valence-corrected chi connectivity index (χ4v) is 2.28. The van der Waals surface area contributed by atoms with Gasteiger partial charge in [0.2, 0.25) is 5.91 Å². The largest absolute Gasteiger partial charge is 0.382 e. The minimum Gasteiger partial charge on any atom is -0.382 e. The number of rotatable bonds is 9. The molecule has 1 heterocycles. The number of hydrogen-bond donors (Lipinski definition) is 1. The summed E-state index contributed by atoms with van der Waals surface area (Å²) in [6, 6.07) is 0. The van der Waals surface area contributed by atoms with Crippen LogP contribution in [0.3, 0.4) is 0 Å². The van der Waals surface area contributed by atoms with Gasteiger partial charge in [0.1, 0.15) is 0 Å². The van der Waals surface area contributed by atoms with Crippen molar-refractivity contribution in [2.75, 3.05) is 19.8 Å². The molecule has 5 nitrogen and oxygen atoms in total. The van der Waals surface area contributed by atoms with Gasteiger partial charge < -0.3 is 10.1 Å². The van der Waals surface area contributed by atoms with Gasteiger partial charge in [-0.2, -0.15) is 5.10 Å². The molecule has 0 aliphatic rings. The van der Waals surface area contributed by atoms with Crippen molar-refractivity contribution in [3.8, 4) is 0 Å². The highest BCUT2D eigenvalue weighted by molar-refractivity contribution is 5.79. The molecule has 1 N–H and O–H groups in total. The molecule has 0 saturated heterocycles. The van der Waals surface area contributed by atoms with Gasteiger partial charge in [-0.05, 0) is 33.1 Å². The summed E-state index contributed by atoms with van der Waals surface area (Å²) in [5, 5.41) is 7.48. The molecule has 1 aromatic heterocycles. The van der Waals surface area contributed by atoms with Crippen LogP contribution in [0.5, 0.6) is 0 Å². The molecular weight excluding hydrogens is 266 g/mol. The second kappa shape index (κ2) is 8.82. The minimum absolute atomic E-state index is 0.0572. The van der Waals surface area contributed by atoms with Crippen molar-refractivity contribution in [3.63, 3.8) is 0 Å². The van der Waals surface area contributed by atoms with Crippen molar-refractivity contribution >= 4 is 5.91 Å². The molecule has 0 saturated carbocycles. The first kappa shape index (κ1) is 17.7. The van der Waals surface area contributed by atoms with Crippen molar-refractivity contribution < 1.29 is 9.53 Å². The average Bonchev–Trinajstić information content (AvgIpc) is 2.65. The van der Waals surface area contributed by atoms with Gasteiger partial charge in [-0.15, -0.1) is 0 Å². The van der Waals surface area contributed by atoms with E-state index in [1.807, 2.05) is 25.5 Å². The highest BCUT2D eigenvalue weighted by atomic mass is 16.5. The third-order valence-corrected chi connectivity index (χ3v) is 3.40. The van der Waals surface area contributed by atoms with Crippen LogP contribution < -0.4 is 5.32 Å². The molecule has 1 amide bonds. The Hall–Kier alpha value is -1.36. The molecule has 0 atom stereocenters. The number of nitrogens with zero attached hydrogens (tertiary/aromatic N) is 2. The molecule has 0 radical (unpaired) electrons. The summed E-state index contributed by atoms with van der Waals surface area (Å²) in [6.07, 6.45) is 1.26. The van der Waals surface area contributed by atoms with Crippen molar-refractivity contribution in [2.24, 2.45) is 5.92 Å². The van der Waals surface area contributed by atoms with Crippen molar-refractivity contribution in [1.29, 1.82) is 0 Å². The molecule has 0 bridgehead atoms. The Balaban J connectivity index is 2.50. The van der Waals surface area contributed by atoms with E-state index < -0.39 is 0 Å². The standard InChI is InChI=1S/C16H29N3O2/c1-6-21-9-7-8-17-16(20)10-15-13(4)18-19(14(15)5)11-12(2)3/h12H,6-11H2,1-5H3,(H,17,20). The summed E-state index contributed by atoms with van der Waals surface area (Å²) in [5.74, 6) is 0.602. The molecule has 0 aliphatic heterocycles. The van der Waals surface area contributed by atoms with Crippen LogP contribution in [-0.4, -0.2) is 35.4 Å². The Morgan fingerprint density at radius 2 is 2.10 bits per heavy atom. The zero-order chi connectivity index (χ0) is 15.8. The molecule has 5 heteroatoms. The first-order valence-corrected chi connectivity index (χ1v) is 7.83. The number of carbonyl (C=O) groups is 1. The van der Waals surface area contributed by atoms with Crippen LogP contribution >= 0.6 is 0 Å². The van der Waals surface area contributed by atoms with Gasteiger partial charge in [0.25, 0.3) is 0 Å². The number of carbonyl (C=O) groups excluding carboxylic acids is 1. The highest BCUT2D eigenvalue weighted by Gasteiger charge is 2.15. The molecule has 1 aromatic rings. The van der Waals surface area contributed by atoms with Crippen LogP contribution in [0.25, 0.3) is 0 Å². The summed E-state index contributed by atoms with van der Waals surface area (Å²) < 4.78 is 7.26. The summed E-state index contributed by atoms with van der Waals surface area (Å²) in [6.45, 7) is 13.3. The van der Waals surface area contributed by atoms with E-state index in [9.17, 15) is 4.79 Å². The van der Waals surface area contributed by atoms with E-state index in [2.05, 4.69) is 24.3 Å². The molecule has 0 unspecified atom stereocenters. The van der Waals surface area contributed by atoms with Gasteiger partial charge in [-0.25, -0.2) is 0 Å². The van der Waals surface area contributed by atoms with Crippen molar-refractivity contribution in [2.45, 2.75) is 54.0 Å². The summed E-state index contributed by atoms with van der Waals surface area (Å²) in [7, 11) is 0. The SMILES string of the molecule is CCOCCCNC(=O)Cc1c(C)nn(CC(C)C)c1C. The Bertz CT molecular complexity index is 453. The fourth-order valence-electron chi connectivity index (χ4n) is 2.28. The lowest BCUT2D eigenvalue weighted by molar-refractivity contribution is -0.120. The molecule has 0 aliphatic carbocycles. The monoisotopic (exact) mass is 295 g/mol. The van der Waals surface area contributed by atoms with Crippen LogP contribution in [0.15, 0.2) is 0 Å². The van der Waals surface area contributed by atoms with Gasteiger partial charge in [-0.3, -0.25) is 9.48 Å². The number of aryl methyl sites for hydroxylation is 1. The topological polar surface area (TPSA) is 56.1 Å². The quantitative estimate of drug-likeness (QED) is 0.711. The lowest BCUT2D eigenvalue weighted by atomic mass is 10.1. The van der Waals surface area contributed by atoms with Gasteiger partial charge in [0.05, 0.1) is 12.1 Å². The molecule has 1 rings (SSSR count). The average molecular weight is 295 g/mol. The number of hydrogen-bond acceptors (Lipinski definition) is 3. The van der Waals surface area contributed by atoms with E-state index in [0.29, 0.717) is 25.5 Å².